The first-order chi connectivity index (χ1) is 9.20. The molecule has 0 saturated carbocycles. The van der Waals surface area contributed by atoms with Crippen molar-refractivity contribution in [2.75, 3.05) is 0 Å². The van der Waals surface area contributed by atoms with Gasteiger partial charge in [-0.3, -0.25) is 0 Å². The minimum absolute atomic E-state index is 0.0411. The van der Waals surface area contributed by atoms with E-state index in [4.69, 9.17) is 4.42 Å². The number of aliphatic hydroxyl groups is 1. The van der Waals surface area contributed by atoms with Gasteiger partial charge in [0.1, 0.15) is 23.4 Å². The monoisotopic (exact) mass is 288 g/mol. The Morgan fingerprint density at radius 2 is 1.80 bits per heavy atom. The molecule has 6 heteroatoms. The van der Waals surface area contributed by atoms with Crippen LogP contribution in [0.1, 0.15) is 34.3 Å². The van der Waals surface area contributed by atoms with E-state index in [-0.39, 0.29) is 5.56 Å². The maximum Gasteiger partial charge on any atom is 0.419 e. The molecule has 0 aliphatic carbocycles. The summed E-state index contributed by atoms with van der Waals surface area (Å²) in [6.07, 6.45) is -5.99. The van der Waals surface area contributed by atoms with Crippen LogP contribution in [-0.4, -0.2) is 5.11 Å². The Hall–Kier alpha value is -1.82. The van der Waals surface area contributed by atoms with Gasteiger partial charge < -0.3 is 9.52 Å². The lowest BCUT2D eigenvalue weighted by Crippen LogP contribution is -2.09. The van der Waals surface area contributed by atoms with Crippen LogP contribution in [0.2, 0.25) is 0 Å². The van der Waals surface area contributed by atoms with Gasteiger partial charge in [-0.05, 0) is 37.6 Å². The van der Waals surface area contributed by atoms with E-state index in [1.807, 2.05) is 0 Å². The van der Waals surface area contributed by atoms with Crippen molar-refractivity contribution >= 4 is 0 Å². The second-order valence-electron chi connectivity index (χ2n) is 4.51. The van der Waals surface area contributed by atoms with Gasteiger partial charge in [-0.25, -0.2) is 4.39 Å². The normalized spacial score (nSPS) is 13.6. The lowest BCUT2D eigenvalue weighted by atomic mass is 10.00. The Morgan fingerprint density at radius 3 is 2.25 bits per heavy atom. The number of rotatable bonds is 2. The highest BCUT2D eigenvalue weighted by atomic mass is 19.4. The third kappa shape index (κ3) is 2.70. The van der Waals surface area contributed by atoms with Crippen LogP contribution in [0.5, 0.6) is 0 Å². The third-order valence-electron chi connectivity index (χ3n) is 2.99. The summed E-state index contributed by atoms with van der Waals surface area (Å²) < 4.78 is 56.1. The number of hydrogen-bond donors (Lipinski definition) is 1. The number of aryl methyl sites for hydroxylation is 2. The van der Waals surface area contributed by atoms with Gasteiger partial charge in [-0.1, -0.05) is 6.07 Å². The number of furan rings is 1. The Balaban J connectivity index is 2.39. The molecular weight excluding hydrogens is 276 g/mol. The van der Waals surface area contributed by atoms with Crippen LogP contribution >= 0.6 is 0 Å². The Bertz CT molecular complexity index is 629. The molecule has 1 unspecified atom stereocenters. The van der Waals surface area contributed by atoms with Crippen molar-refractivity contribution in [2.24, 2.45) is 0 Å². The molecule has 0 fully saturated rings. The second kappa shape index (κ2) is 4.94. The van der Waals surface area contributed by atoms with E-state index in [0.29, 0.717) is 29.2 Å². The number of benzene rings is 1. The zero-order valence-electron chi connectivity index (χ0n) is 10.8. The summed E-state index contributed by atoms with van der Waals surface area (Å²) in [6.45, 7) is 3.29. The van der Waals surface area contributed by atoms with Crippen LogP contribution in [0, 0.1) is 19.7 Å². The van der Waals surface area contributed by atoms with Gasteiger partial charge in [0.15, 0.2) is 0 Å². The smallest absolute Gasteiger partial charge is 0.419 e. The number of hydrogen-bond acceptors (Lipinski definition) is 2. The molecule has 0 radical (unpaired) electrons. The van der Waals surface area contributed by atoms with Crippen LogP contribution in [0.25, 0.3) is 0 Å². The molecule has 108 valence electrons. The van der Waals surface area contributed by atoms with Crippen LogP contribution < -0.4 is 0 Å². The molecule has 1 atom stereocenters. The second-order valence-corrected chi connectivity index (χ2v) is 4.51. The van der Waals surface area contributed by atoms with Crippen molar-refractivity contribution in [1.29, 1.82) is 0 Å². The van der Waals surface area contributed by atoms with E-state index in [9.17, 15) is 22.7 Å². The fourth-order valence-corrected chi connectivity index (χ4v) is 2.03. The fourth-order valence-electron chi connectivity index (χ4n) is 2.03. The molecule has 0 spiro atoms. The molecule has 0 aliphatic heterocycles. The van der Waals surface area contributed by atoms with E-state index >= 15 is 0 Å². The van der Waals surface area contributed by atoms with Crippen LogP contribution in [-0.2, 0) is 6.18 Å². The average Bonchev–Trinajstić information content (AvgIpc) is 2.65. The molecule has 2 aromatic rings. The van der Waals surface area contributed by atoms with Crippen molar-refractivity contribution < 1.29 is 27.1 Å². The zero-order valence-corrected chi connectivity index (χ0v) is 10.8. The molecule has 2 rings (SSSR count). The zero-order chi connectivity index (χ0) is 15.1. The number of aliphatic hydroxyl groups excluding tert-OH is 1. The van der Waals surface area contributed by atoms with Crippen molar-refractivity contribution in [3.05, 3.63) is 58.3 Å². The summed E-state index contributed by atoms with van der Waals surface area (Å²) in [6, 6.07) is 3.93. The minimum Gasteiger partial charge on any atom is -0.466 e. The summed E-state index contributed by atoms with van der Waals surface area (Å²) in [5.74, 6) is -0.411. The predicted molar refractivity (Wildman–Crippen MR) is 63.6 cm³/mol. The predicted octanol–water partition coefficient (Wildman–Crippen LogP) is 4.14. The van der Waals surface area contributed by atoms with Crippen molar-refractivity contribution in [3.63, 3.8) is 0 Å². The third-order valence-corrected chi connectivity index (χ3v) is 2.99. The Kier molecular flexibility index (Phi) is 3.60. The lowest BCUT2D eigenvalue weighted by molar-refractivity contribution is -0.140. The molecule has 1 heterocycles. The van der Waals surface area contributed by atoms with Gasteiger partial charge in [-0.15, -0.1) is 0 Å². The first-order valence-electron chi connectivity index (χ1n) is 5.82. The highest BCUT2D eigenvalue weighted by Crippen LogP contribution is 2.34. The van der Waals surface area contributed by atoms with Gasteiger partial charge in [0.05, 0.1) is 5.56 Å². The average molecular weight is 288 g/mol. The quantitative estimate of drug-likeness (QED) is 0.843. The summed E-state index contributed by atoms with van der Waals surface area (Å²) in [5.41, 5.74) is -0.908. The molecule has 0 amide bonds. The minimum atomic E-state index is -4.75. The summed E-state index contributed by atoms with van der Waals surface area (Å²) in [7, 11) is 0. The molecule has 2 nitrogen and oxygen atoms in total. The van der Waals surface area contributed by atoms with E-state index < -0.39 is 23.7 Å². The number of halogens is 4. The topological polar surface area (TPSA) is 33.4 Å². The lowest BCUT2D eigenvalue weighted by Gasteiger charge is -2.13. The summed E-state index contributed by atoms with van der Waals surface area (Å²) >= 11 is 0. The molecule has 0 bridgehead atoms. The van der Waals surface area contributed by atoms with Crippen molar-refractivity contribution in [2.45, 2.75) is 26.1 Å². The standard InChI is InChI=1S/C14H12F4O2/c1-7-5-10(8(2)20-7)13(19)9-3-4-11(12(15)6-9)14(16,17)18/h3-6,13,19H,1-2H3. The molecule has 1 N–H and O–H groups in total. The molecule has 0 saturated heterocycles. The van der Waals surface area contributed by atoms with Crippen LogP contribution in [0.3, 0.4) is 0 Å². The molecule has 1 aromatic heterocycles. The maximum absolute atomic E-state index is 13.5. The van der Waals surface area contributed by atoms with E-state index in [1.165, 1.54) is 0 Å². The van der Waals surface area contributed by atoms with Gasteiger partial charge >= 0.3 is 6.18 Å². The van der Waals surface area contributed by atoms with Gasteiger partial charge in [-0.2, -0.15) is 13.2 Å². The number of alkyl halides is 3. The van der Waals surface area contributed by atoms with E-state index in [0.717, 1.165) is 6.07 Å². The van der Waals surface area contributed by atoms with Crippen molar-refractivity contribution in [1.82, 2.24) is 0 Å². The first-order valence-corrected chi connectivity index (χ1v) is 5.82. The maximum atomic E-state index is 13.5. The Morgan fingerprint density at radius 1 is 1.15 bits per heavy atom. The summed E-state index contributed by atoms with van der Waals surface area (Å²) in [5, 5.41) is 10.1. The SMILES string of the molecule is Cc1cc(C(O)c2ccc(C(F)(F)F)c(F)c2)c(C)o1. The highest BCUT2D eigenvalue weighted by Gasteiger charge is 2.34. The van der Waals surface area contributed by atoms with Gasteiger partial charge in [0, 0.05) is 5.56 Å². The largest absolute Gasteiger partial charge is 0.466 e. The van der Waals surface area contributed by atoms with Crippen LogP contribution in [0.4, 0.5) is 17.6 Å². The fraction of sp³-hybridized carbons (Fsp3) is 0.286. The molecule has 20 heavy (non-hydrogen) atoms. The van der Waals surface area contributed by atoms with E-state index in [2.05, 4.69) is 0 Å². The van der Waals surface area contributed by atoms with Crippen molar-refractivity contribution in [3.8, 4) is 0 Å². The Labute approximate surface area is 112 Å². The highest BCUT2D eigenvalue weighted by molar-refractivity contribution is 5.35. The molecular formula is C14H12F4O2. The molecule has 0 aliphatic rings. The molecule has 1 aromatic carbocycles. The summed E-state index contributed by atoms with van der Waals surface area (Å²) in [4.78, 5) is 0. The van der Waals surface area contributed by atoms with Gasteiger partial charge in [0.25, 0.3) is 0 Å². The van der Waals surface area contributed by atoms with E-state index in [1.54, 1.807) is 19.9 Å². The van der Waals surface area contributed by atoms with Gasteiger partial charge in [0.2, 0.25) is 0 Å². The van der Waals surface area contributed by atoms with Crippen LogP contribution in [0.15, 0.2) is 28.7 Å². The first kappa shape index (κ1) is 14.6.